The minimum absolute atomic E-state index is 0.252. The van der Waals surface area contributed by atoms with Crippen LogP contribution in [0.5, 0.6) is 0 Å². The molecular weight excluding hydrogens is 248 g/mol. The molecule has 1 N–H and O–H groups in total. The van der Waals surface area contributed by atoms with Gasteiger partial charge in [-0.2, -0.15) is 20.5 Å². The van der Waals surface area contributed by atoms with Crippen LogP contribution in [0.2, 0.25) is 0 Å². The lowest BCUT2D eigenvalue weighted by molar-refractivity contribution is -0.159. The zero-order valence-electron chi connectivity index (χ0n) is 10.2. The zero-order chi connectivity index (χ0) is 12.9. The molecule has 0 aromatic heterocycles. The Morgan fingerprint density at radius 2 is 2.35 bits per heavy atom. The summed E-state index contributed by atoms with van der Waals surface area (Å²) >= 11 is 1.85. The standard InChI is InChI=1S/C11H19F2NO2S/c1-3-17-5-4-8(2)14-7-9-6-11(12,13)10(15)16-9/h8-9,14H,3-7H2,1-2H3. The van der Waals surface area contributed by atoms with Gasteiger partial charge in [0.15, 0.2) is 0 Å². The molecule has 17 heavy (non-hydrogen) atoms. The van der Waals surface area contributed by atoms with E-state index >= 15 is 0 Å². The lowest BCUT2D eigenvalue weighted by Gasteiger charge is -2.16. The first-order valence-electron chi connectivity index (χ1n) is 5.85. The van der Waals surface area contributed by atoms with Gasteiger partial charge in [0.25, 0.3) is 0 Å². The fourth-order valence-corrected chi connectivity index (χ4v) is 2.41. The number of alkyl halides is 2. The molecule has 6 heteroatoms. The predicted octanol–water partition coefficient (Wildman–Crippen LogP) is 2.06. The van der Waals surface area contributed by atoms with Crippen molar-refractivity contribution >= 4 is 17.7 Å². The summed E-state index contributed by atoms with van der Waals surface area (Å²) in [6, 6.07) is 0.252. The maximum absolute atomic E-state index is 12.9. The van der Waals surface area contributed by atoms with Gasteiger partial charge in [-0.1, -0.05) is 6.92 Å². The highest BCUT2D eigenvalue weighted by molar-refractivity contribution is 7.99. The highest BCUT2D eigenvalue weighted by atomic mass is 32.2. The van der Waals surface area contributed by atoms with E-state index in [9.17, 15) is 13.6 Å². The van der Waals surface area contributed by atoms with Crippen LogP contribution < -0.4 is 5.32 Å². The van der Waals surface area contributed by atoms with Crippen LogP contribution in [-0.4, -0.2) is 42.1 Å². The van der Waals surface area contributed by atoms with E-state index in [2.05, 4.69) is 17.0 Å². The largest absolute Gasteiger partial charge is 0.456 e. The third kappa shape index (κ3) is 4.79. The van der Waals surface area contributed by atoms with E-state index in [1.807, 2.05) is 18.7 Å². The molecule has 2 atom stereocenters. The van der Waals surface area contributed by atoms with Gasteiger partial charge in [-0.3, -0.25) is 0 Å². The number of ether oxygens (including phenoxy) is 1. The van der Waals surface area contributed by atoms with Gasteiger partial charge in [-0.05, 0) is 24.9 Å². The lowest BCUT2D eigenvalue weighted by Crippen LogP contribution is -2.34. The number of hydrogen-bond acceptors (Lipinski definition) is 4. The van der Waals surface area contributed by atoms with Crippen molar-refractivity contribution in [3.8, 4) is 0 Å². The van der Waals surface area contributed by atoms with E-state index in [0.717, 1.165) is 17.9 Å². The molecule has 1 fully saturated rings. The molecule has 0 aromatic carbocycles. The number of thioether (sulfide) groups is 1. The third-order valence-corrected chi connectivity index (χ3v) is 3.58. The highest BCUT2D eigenvalue weighted by Gasteiger charge is 2.50. The smallest absolute Gasteiger partial charge is 0.377 e. The predicted molar refractivity (Wildman–Crippen MR) is 64.5 cm³/mol. The van der Waals surface area contributed by atoms with E-state index in [-0.39, 0.29) is 6.04 Å². The maximum atomic E-state index is 12.9. The van der Waals surface area contributed by atoms with Gasteiger partial charge in [0.05, 0.1) is 6.42 Å². The topological polar surface area (TPSA) is 38.3 Å². The molecule has 2 unspecified atom stereocenters. The zero-order valence-corrected chi connectivity index (χ0v) is 11.0. The second-order valence-electron chi connectivity index (χ2n) is 4.23. The summed E-state index contributed by atoms with van der Waals surface area (Å²) in [5.41, 5.74) is 0. The molecule has 0 aliphatic carbocycles. The minimum atomic E-state index is -3.30. The maximum Gasteiger partial charge on any atom is 0.377 e. The van der Waals surface area contributed by atoms with Crippen LogP contribution in [0, 0.1) is 0 Å². The van der Waals surface area contributed by atoms with Gasteiger partial charge < -0.3 is 10.1 Å². The Morgan fingerprint density at radius 3 is 2.88 bits per heavy atom. The fraction of sp³-hybridized carbons (Fsp3) is 0.909. The van der Waals surface area contributed by atoms with Crippen molar-refractivity contribution in [3.05, 3.63) is 0 Å². The molecule has 0 bridgehead atoms. The van der Waals surface area contributed by atoms with E-state index in [1.54, 1.807) is 0 Å². The van der Waals surface area contributed by atoms with Gasteiger partial charge >= 0.3 is 11.9 Å². The van der Waals surface area contributed by atoms with Gasteiger partial charge in [-0.15, -0.1) is 0 Å². The molecule has 0 aromatic rings. The summed E-state index contributed by atoms with van der Waals surface area (Å²) in [6.45, 7) is 4.41. The second-order valence-corrected chi connectivity index (χ2v) is 5.62. The molecule has 3 nitrogen and oxygen atoms in total. The first-order chi connectivity index (χ1) is 7.95. The number of rotatable bonds is 7. The third-order valence-electron chi connectivity index (χ3n) is 2.65. The van der Waals surface area contributed by atoms with Crippen molar-refractivity contribution in [3.63, 3.8) is 0 Å². The van der Waals surface area contributed by atoms with Crippen molar-refractivity contribution in [2.24, 2.45) is 0 Å². The Hall–Kier alpha value is -0.360. The van der Waals surface area contributed by atoms with E-state index in [4.69, 9.17) is 0 Å². The summed E-state index contributed by atoms with van der Waals surface area (Å²) in [6.07, 6.45) is -0.219. The quantitative estimate of drug-likeness (QED) is 0.566. The number of nitrogens with one attached hydrogen (secondary N) is 1. The van der Waals surface area contributed by atoms with E-state index in [1.165, 1.54) is 0 Å². The molecule has 0 spiro atoms. The van der Waals surface area contributed by atoms with Crippen LogP contribution >= 0.6 is 11.8 Å². The van der Waals surface area contributed by atoms with Gasteiger partial charge in [0, 0.05) is 12.6 Å². The van der Waals surface area contributed by atoms with Gasteiger partial charge in [0.1, 0.15) is 6.10 Å². The molecule has 0 radical (unpaired) electrons. The average molecular weight is 267 g/mol. The Kier molecular flexibility index (Phi) is 5.66. The van der Waals surface area contributed by atoms with Crippen LogP contribution in [0.15, 0.2) is 0 Å². The minimum Gasteiger partial charge on any atom is -0.456 e. The molecule has 0 saturated carbocycles. The van der Waals surface area contributed by atoms with E-state index < -0.39 is 24.4 Å². The number of hydrogen-bond donors (Lipinski definition) is 1. The van der Waals surface area contributed by atoms with Crippen LogP contribution in [0.1, 0.15) is 26.7 Å². The number of carbonyl (C=O) groups is 1. The molecule has 1 aliphatic heterocycles. The second kappa shape index (κ2) is 6.54. The SMILES string of the molecule is CCSCCC(C)NCC1CC(F)(F)C(=O)O1. The van der Waals surface area contributed by atoms with Crippen molar-refractivity contribution in [1.82, 2.24) is 5.32 Å². The number of cyclic esters (lactones) is 1. The molecule has 1 aliphatic rings. The Morgan fingerprint density at radius 1 is 1.65 bits per heavy atom. The highest BCUT2D eigenvalue weighted by Crippen LogP contribution is 2.30. The molecule has 0 amide bonds. The Labute approximate surface area is 105 Å². The molecule has 100 valence electrons. The van der Waals surface area contributed by atoms with Crippen LogP contribution in [0.25, 0.3) is 0 Å². The number of esters is 1. The molecule has 1 heterocycles. The van der Waals surface area contributed by atoms with Crippen LogP contribution in [-0.2, 0) is 9.53 Å². The molecular formula is C11H19F2NO2S. The molecule has 1 rings (SSSR count). The molecule has 1 saturated heterocycles. The number of carbonyl (C=O) groups excluding carboxylic acids is 1. The van der Waals surface area contributed by atoms with Crippen molar-refractivity contribution in [1.29, 1.82) is 0 Å². The monoisotopic (exact) mass is 267 g/mol. The van der Waals surface area contributed by atoms with Gasteiger partial charge in [-0.25, -0.2) is 4.79 Å². The summed E-state index contributed by atoms with van der Waals surface area (Å²) < 4.78 is 30.3. The number of halogens is 2. The van der Waals surface area contributed by atoms with Gasteiger partial charge in [0.2, 0.25) is 0 Å². The first kappa shape index (κ1) is 14.7. The Bertz CT molecular complexity index is 264. The fourth-order valence-electron chi connectivity index (χ4n) is 1.60. The van der Waals surface area contributed by atoms with Crippen molar-refractivity contribution in [2.45, 2.75) is 44.8 Å². The Balaban J connectivity index is 2.17. The summed E-state index contributed by atoms with van der Waals surface area (Å²) in [5, 5.41) is 3.12. The normalized spacial score (nSPS) is 24.7. The summed E-state index contributed by atoms with van der Waals surface area (Å²) in [7, 11) is 0. The van der Waals surface area contributed by atoms with Crippen LogP contribution in [0.4, 0.5) is 8.78 Å². The average Bonchev–Trinajstić information content (AvgIpc) is 2.50. The van der Waals surface area contributed by atoms with Crippen molar-refractivity contribution in [2.75, 3.05) is 18.1 Å². The lowest BCUT2D eigenvalue weighted by atomic mass is 10.2. The first-order valence-corrected chi connectivity index (χ1v) is 7.01. The van der Waals surface area contributed by atoms with Crippen LogP contribution in [0.3, 0.4) is 0 Å². The van der Waals surface area contributed by atoms with Crippen molar-refractivity contribution < 1.29 is 18.3 Å². The summed E-state index contributed by atoms with van der Waals surface area (Å²) in [4.78, 5) is 10.8. The van der Waals surface area contributed by atoms with E-state index in [0.29, 0.717) is 6.54 Å². The summed E-state index contributed by atoms with van der Waals surface area (Å²) in [5.74, 6) is -2.56.